The van der Waals surface area contributed by atoms with E-state index >= 15 is 0 Å². The molecule has 3 aromatic rings. The molecule has 0 radical (unpaired) electrons. The smallest absolute Gasteiger partial charge is 0.282 e. The number of fused-ring (bicyclic) bond motifs is 1. The van der Waals surface area contributed by atoms with E-state index in [1.807, 2.05) is 6.07 Å². The summed E-state index contributed by atoms with van der Waals surface area (Å²) in [7, 11) is 3.02. The maximum Gasteiger partial charge on any atom is 0.282 e. The minimum Gasteiger partial charge on any atom is -0.493 e. The average molecular weight is 456 g/mol. The summed E-state index contributed by atoms with van der Waals surface area (Å²) >= 11 is 3.38. The molecular formula is C21H18BrN3O4. The first-order valence-corrected chi connectivity index (χ1v) is 9.33. The van der Waals surface area contributed by atoms with E-state index in [1.165, 1.54) is 25.1 Å². The first-order valence-electron chi connectivity index (χ1n) is 8.54. The molecule has 0 aliphatic rings. The number of benzene rings is 2. The van der Waals surface area contributed by atoms with Crippen LogP contribution in [0.5, 0.6) is 17.2 Å². The van der Waals surface area contributed by atoms with Gasteiger partial charge in [0.1, 0.15) is 12.4 Å². The van der Waals surface area contributed by atoms with Gasteiger partial charge in [-0.25, -0.2) is 4.98 Å². The molecule has 0 aliphatic carbocycles. The SMILES string of the molecule is C#CCOc1c(OC)cc(C=Nn2c(C)nc3ccc(Br)cc3c2=O)cc1OC. The van der Waals surface area contributed by atoms with Crippen LogP contribution in [0, 0.1) is 19.3 Å². The number of ether oxygens (including phenoxy) is 3. The van der Waals surface area contributed by atoms with E-state index in [4.69, 9.17) is 20.6 Å². The van der Waals surface area contributed by atoms with Crippen LogP contribution >= 0.6 is 15.9 Å². The minimum absolute atomic E-state index is 0.0765. The van der Waals surface area contributed by atoms with Crippen molar-refractivity contribution in [3.8, 4) is 29.6 Å². The number of rotatable bonds is 6. The molecule has 8 heteroatoms. The van der Waals surface area contributed by atoms with Crippen LogP contribution in [0.4, 0.5) is 0 Å². The van der Waals surface area contributed by atoms with Gasteiger partial charge in [-0.15, -0.1) is 6.42 Å². The monoisotopic (exact) mass is 455 g/mol. The quantitative estimate of drug-likeness (QED) is 0.420. The van der Waals surface area contributed by atoms with Crippen LogP contribution in [-0.4, -0.2) is 36.7 Å². The molecule has 29 heavy (non-hydrogen) atoms. The summed E-state index contributed by atoms with van der Waals surface area (Å²) in [5, 5.41) is 4.78. The van der Waals surface area contributed by atoms with Crippen LogP contribution in [-0.2, 0) is 0 Å². The summed E-state index contributed by atoms with van der Waals surface area (Å²) < 4.78 is 18.3. The Bertz CT molecular complexity index is 1170. The Morgan fingerprint density at radius 3 is 2.55 bits per heavy atom. The zero-order chi connectivity index (χ0) is 21.0. The van der Waals surface area contributed by atoms with Gasteiger partial charge in [0.05, 0.1) is 31.3 Å². The van der Waals surface area contributed by atoms with E-state index in [2.05, 4.69) is 31.9 Å². The molecule has 2 aromatic carbocycles. The third-order valence-corrected chi connectivity index (χ3v) is 4.57. The van der Waals surface area contributed by atoms with Crippen molar-refractivity contribution < 1.29 is 14.2 Å². The highest BCUT2D eigenvalue weighted by atomic mass is 79.9. The van der Waals surface area contributed by atoms with Gasteiger partial charge in [-0.3, -0.25) is 4.79 Å². The number of aryl methyl sites for hydroxylation is 1. The molecule has 1 heterocycles. The highest BCUT2D eigenvalue weighted by Gasteiger charge is 2.14. The van der Waals surface area contributed by atoms with Crippen molar-refractivity contribution >= 4 is 33.0 Å². The number of halogens is 1. The van der Waals surface area contributed by atoms with Gasteiger partial charge in [0.2, 0.25) is 5.75 Å². The molecule has 0 amide bonds. The normalized spacial score (nSPS) is 10.9. The van der Waals surface area contributed by atoms with Gasteiger partial charge in [0.15, 0.2) is 11.5 Å². The molecule has 0 saturated carbocycles. The highest BCUT2D eigenvalue weighted by Crippen LogP contribution is 2.38. The van der Waals surface area contributed by atoms with E-state index in [0.29, 0.717) is 39.5 Å². The predicted octanol–water partition coefficient (Wildman–Crippen LogP) is 3.38. The first kappa shape index (κ1) is 20.4. The number of hydrogen-bond acceptors (Lipinski definition) is 6. The maximum absolute atomic E-state index is 12.8. The lowest BCUT2D eigenvalue weighted by atomic mass is 10.2. The summed E-state index contributed by atoms with van der Waals surface area (Å²) in [5.41, 5.74) is 0.992. The van der Waals surface area contributed by atoms with Crippen molar-refractivity contribution in [1.29, 1.82) is 0 Å². The topological polar surface area (TPSA) is 74.9 Å². The fourth-order valence-corrected chi connectivity index (χ4v) is 3.11. The molecule has 0 N–H and O–H groups in total. The van der Waals surface area contributed by atoms with Gasteiger partial charge in [-0.1, -0.05) is 21.9 Å². The van der Waals surface area contributed by atoms with Gasteiger partial charge in [0.25, 0.3) is 5.56 Å². The maximum atomic E-state index is 12.8. The highest BCUT2D eigenvalue weighted by molar-refractivity contribution is 9.10. The molecule has 0 aliphatic heterocycles. The molecule has 0 spiro atoms. The Kier molecular flexibility index (Phi) is 6.20. The Hall–Kier alpha value is -3.31. The lowest BCUT2D eigenvalue weighted by molar-refractivity contribution is 0.304. The van der Waals surface area contributed by atoms with Crippen molar-refractivity contribution in [2.75, 3.05) is 20.8 Å². The molecule has 3 rings (SSSR count). The van der Waals surface area contributed by atoms with Crippen molar-refractivity contribution in [1.82, 2.24) is 9.66 Å². The van der Waals surface area contributed by atoms with Gasteiger partial charge in [0, 0.05) is 10.0 Å². The Labute approximate surface area is 176 Å². The second-order valence-corrected chi connectivity index (χ2v) is 6.85. The molecule has 0 fully saturated rings. The van der Waals surface area contributed by atoms with Crippen molar-refractivity contribution in [3.05, 3.63) is 56.5 Å². The van der Waals surface area contributed by atoms with E-state index in [-0.39, 0.29) is 12.2 Å². The van der Waals surface area contributed by atoms with Crippen LogP contribution in [0.25, 0.3) is 10.9 Å². The second-order valence-electron chi connectivity index (χ2n) is 5.93. The molecular weight excluding hydrogens is 438 g/mol. The standard InChI is InChI=1S/C21H18BrN3O4/c1-5-8-29-20-18(27-3)9-14(10-19(20)28-4)12-23-25-13(2)24-17-7-6-15(22)11-16(17)21(25)26/h1,6-7,9-12H,8H2,2-4H3. The third kappa shape index (κ3) is 4.25. The number of methoxy groups -OCH3 is 2. The lowest BCUT2D eigenvalue weighted by Gasteiger charge is -2.14. The fraction of sp³-hybridized carbons (Fsp3) is 0.190. The van der Waals surface area contributed by atoms with Gasteiger partial charge in [-0.05, 0) is 37.3 Å². The molecule has 0 saturated heterocycles. The average Bonchev–Trinajstić information content (AvgIpc) is 2.72. The van der Waals surface area contributed by atoms with Crippen LogP contribution in [0.1, 0.15) is 11.4 Å². The molecule has 0 unspecified atom stereocenters. The zero-order valence-corrected chi connectivity index (χ0v) is 17.7. The second kappa shape index (κ2) is 8.80. The molecule has 148 valence electrons. The van der Waals surface area contributed by atoms with Crippen LogP contribution in [0.2, 0.25) is 0 Å². The van der Waals surface area contributed by atoms with Gasteiger partial charge in [-0.2, -0.15) is 9.78 Å². The lowest BCUT2D eigenvalue weighted by Crippen LogP contribution is -2.20. The number of terminal acetylenes is 1. The number of hydrogen-bond donors (Lipinski definition) is 0. The van der Waals surface area contributed by atoms with Crippen LogP contribution in [0.3, 0.4) is 0 Å². The molecule has 0 bridgehead atoms. The molecule has 1 aromatic heterocycles. The summed E-state index contributed by atoms with van der Waals surface area (Å²) in [6.45, 7) is 1.80. The summed E-state index contributed by atoms with van der Waals surface area (Å²) in [6.07, 6.45) is 6.78. The first-order chi connectivity index (χ1) is 14.0. The molecule has 7 nitrogen and oxygen atoms in total. The van der Waals surface area contributed by atoms with Crippen LogP contribution in [0.15, 0.2) is 44.7 Å². The number of nitrogens with zero attached hydrogens (tertiary/aromatic N) is 3. The Morgan fingerprint density at radius 2 is 1.93 bits per heavy atom. The number of aromatic nitrogens is 2. The van der Waals surface area contributed by atoms with E-state index in [1.54, 1.807) is 31.2 Å². The summed E-state index contributed by atoms with van der Waals surface area (Å²) in [6, 6.07) is 8.77. The Balaban J connectivity index is 2.06. The largest absolute Gasteiger partial charge is 0.493 e. The van der Waals surface area contributed by atoms with Gasteiger partial charge >= 0.3 is 0 Å². The van der Waals surface area contributed by atoms with E-state index < -0.39 is 0 Å². The van der Waals surface area contributed by atoms with Gasteiger partial charge < -0.3 is 14.2 Å². The molecule has 0 atom stereocenters. The Morgan fingerprint density at radius 1 is 1.24 bits per heavy atom. The summed E-state index contributed by atoms with van der Waals surface area (Å²) in [5.74, 6) is 4.14. The van der Waals surface area contributed by atoms with Crippen molar-refractivity contribution in [2.45, 2.75) is 6.92 Å². The minimum atomic E-state index is -0.266. The third-order valence-electron chi connectivity index (χ3n) is 4.08. The zero-order valence-electron chi connectivity index (χ0n) is 16.1. The van der Waals surface area contributed by atoms with Crippen molar-refractivity contribution in [3.63, 3.8) is 0 Å². The van der Waals surface area contributed by atoms with Crippen LogP contribution < -0.4 is 19.8 Å². The predicted molar refractivity (Wildman–Crippen MR) is 115 cm³/mol. The fourth-order valence-electron chi connectivity index (χ4n) is 2.75. The van der Waals surface area contributed by atoms with Crippen molar-refractivity contribution in [2.24, 2.45) is 5.10 Å². The van der Waals surface area contributed by atoms with E-state index in [0.717, 1.165) is 4.47 Å². The summed E-state index contributed by atoms with van der Waals surface area (Å²) in [4.78, 5) is 17.3. The van der Waals surface area contributed by atoms with E-state index in [9.17, 15) is 4.79 Å².